The normalized spacial score (nSPS) is 13.1. The van der Waals surface area contributed by atoms with E-state index in [0.29, 0.717) is 34.9 Å². The lowest BCUT2D eigenvalue weighted by molar-refractivity contribution is 0.921. The Morgan fingerprint density at radius 3 is 1.41 bits per heavy atom. The minimum absolute atomic E-state index is 0.246. The highest BCUT2D eigenvalue weighted by Crippen LogP contribution is 2.30. The minimum Gasteiger partial charge on any atom is -0.209 e. The molecule has 0 fully saturated rings. The Kier molecular flexibility index (Phi) is 10.2. The maximum Gasteiger partial charge on any atom is 0.164 e. The second-order valence-corrected chi connectivity index (χ2v) is 14.4. The molecule has 6 heteroatoms. The summed E-state index contributed by atoms with van der Waals surface area (Å²) >= 11 is 0. The van der Waals surface area contributed by atoms with Gasteiger partial charge in [0.1, 0.15) is 0 Å². The lowest BCUT2D eigenvalue weighted by Crippen LogP contribution is -2.28. The molecule has 6 nitrogen and oxygen atoms in total. The van der Waals surface area contributed by atoms with Crippen LogP contribution >= 0.6 is 0 Å². The zero-order chi connectivity index (χ0) is 39.3. The summed E-state index contributed by atoms with van der Waals surface area (Å²) < 4.78 is 0. The van der Waals surface area contributed by atoms with Gasteiger partial charge >= 0.3 is 0 Å². The second kappa shape index (κ2) is 16.3. The lowest BCUT2D eigenvalue weighted by Gasteiger charge is -2.16. The van der Waals surface area contributed by atoms with Crippen LogP contribution in [0.1, 0.15) is 36.6 Å². The summed E-state index contributed by atoms with van der Waals surface area (Å²) in [5, 5.41) is 2.48. The monoisotopic (exact) mass is 748 g/mol. The molecule has 2 aromatic heterocycles. The fourth-order valence-electron chi connectivity index (χ4n) is 7.25. The molecule has 9 rings (SSSR count). The Labute approximate surface area is 338 Å². The van der Waals surface area contributed by atoms with E-state index in [4.69, 9.17) is 29.9 Å². The summed E-state index contributed by atoms with van der Waals surface area (Å²) in [4.78, 5) is 29.2. The second-order valence-electron chi connectivity index (χ2n) is 14.4. The Balaban J connectivity index is 0.983. The third-order valence-corrected chi connectivity index (χ3v) is 10.5. The van der Waals surface area contributed by atoms with Crippen molar-refractivity contribution >= 4 is 17.7 Å². The number of benzene rings is 6. The Hall–Kier alpha value is -7.44. The maximum absolute atomic E-state index is 4.92. The highest BCUT2D eigenvalue weighted by molar-refractivity contribution is 5.71. The summed E-state index contributed by atoms with van der Waals surface area (Å²) in [7, 11) is 0. The summed E-state index contributed by atoms with van der Waals surface area (Å²) in [5.41, 5.74) is 9.13. The van der Waals surface area contributed by atoms with Crippen molar-refractivity contribution in [3.63, 3.8) is 0 Å². The SMILES string of the molecule is C=CCCC(=C)c1nc(-c2ccccc2)nc(-c2ccc(-c3ccc4c(c3)=CC(c3ccc(-c5nc(-c6ccccc6)nc(-c6ccccc6)n5)cc3)CC=4)cc2)n1. The van der Waals surface area contributed by atoms with Crippen molar-refractivity contribution in [3.8, 4) is 68.1 Å². The standard InChI is InChI=1S/C52H40N6/c1-3-4-14-35(2)47-53-48(39-15-8-5-9-16-39)55-51(54-47)42-27-21-36(22-28-42)44-31-25-38-26-32-45(34-46(38)33-44)37-23-29-43(30-24-37)52-57-49(40-17-10-6-11-18-40)56-50(58-52)41-19-12-7-13-20-41/h3,5-13,15-31,33-34,45H,1-2,4,14,32H2. The number of rotatable bonds is 11. The Bertz CT molecular complexity index is 2810. The molecular weight excluding hydrogens is 709 g/mol. The highest BCUT2D eigenvalue weighted by atomic mass is 15.0. The lowest BCUT2D eigenvalue weighted by atomic mass is 9.89. The molecule has 0 amide bonds. The molecule has 0 aliphatic heterocycles. The van der Waals surface area contributed by atoms with Gasteiger partial charge in [-0.1, -0.05) is 176 Å². The third-order valence-electron chi connectivity index (χ3n) is 10.5. The van der Waals surface area contributed by atoms with Gasteiger partial charge in [0, 0.05) is 33.7 Å². The zero-order valence-electron chi connectivity index (χ0n) is 32.0. The third kappa shape index (κ3) is 7.81. The van der Waals surface area contributed by atoms with E-state index >= 15 is 0 Å². The van der Waals surface area contributed by atoms with Gasteiger partial charge in [0.15, 0.2) is 34.9 Å². The van der Waals surface area contributed by atoms with E-state index in [-0.39, 0.29) is 5.92 Å². The van der Waals surface area contributed by atoms with Crippen LogP contribution in [0, 0.1) is 0 Å². The number of hydrogen-bond acceptors (Lipinski definition) is 6. The first-order valence-corrected chi connectivity index (χ1v) is 19.6. The zero-order valence-corrected chi connectivity index (χ0v) is 32.0. The highest BCUT2D eigenvalue weighted by Gasteiger charge is 2.16. The number of allylic oxidation sites excluding steroid dienone is 2. The molecule has 0 bridgehead atoms. The molecule has 0 N–H and O–H groups in total. The first-order valence-electron chi connectivity index (χ1n) is 19.6. The average Bonchev–Trinajstić information content (AvgIpc) is 3.31. The van der Waals surface area contributed by atoms with Gasteiger partial charge in [-0.05, 0) is 58.0 Å². The fraction of sp³-hybridized carbons (Fsp3) is 0.0769. The summed E-state index contributed by atoms with van der Waals surface area (Å²) in [6, 6.07) is 54.0. The van der Waals surface area contributed by atoms with Crippen LogP contribution in [-0.2, 0) is 0 Å². The minimum atomic E-state index is 0.246. The van der Waals surface area contributed by atoms with E-state index in [0.717, 1.165) is 63.8 Å². The maximum atomic E-state index is 4.92. The molecule has 2 heterocycles. The topological polar surface area (TPSA) is 77.3 Å². The molecule has 0 saturated heterocycles. The number of hydrogen-bond donors (Lipinski definition) is 0. The molecule has 1 aliphatic carbocycles. The van der Waals surface area contributed by atoms with Crippen molar-refractivity contribution in [1.29, 1.82) is 0 Å². The molecule has 0 radical (unpaired) electrons. The van der Waals surface area contributed by atoms with Crippen molar-refractivity contribution < 1.29 is 0 Å². The van der Waals surface area contributed by atoms with Gasteiger partial charge in [0.05, 0.1) is 0 Å². The van der Waals surface area contributed by atoms with Gasteiger partial charge in [-0.3, -0.25) is 0 Å². The number of nitrogens with zero attached hydrogens (tertiary/aromatic N) is 6. The summed E-state index contributed by atoms with van der Waals surface area (Å²) in [5.74, 6) is 4.08. The largest absolute Gasteiger partial charge is 0.209 e. The van der Waals surface area contributed by atoms with E-state index < -0.39 is 0 Å². The van der Waals surface area contributed by atoms with E-state index in [1.807, 2.05) is 97.1 Å². The molecule has 8 aromatic rings. The molecule has 0 spiro atoms. The number of fused-ring (bicyclic) bond motifs is 1. The van der Waals surface area contributed by atoms with E-state index in [9.17, 15) is 0 Å². The van der Waals surface area contributed by atoms with Gasteiger partial charge in [-0.2, -0.15) is 0 Å². The van der Waals surface area contributed by atoms with Crippen molar-refractivity contribution in [2.45, 2.75) is 25.2 Å². The van der Waals surface area contributed by atoms with Gasteiger partial charge < -0.3 is 0 Å². The van der Waals surface area contributed by atoms with E-state index in [1.54, 1.807) is 0 Å². The van der Waals surface area contributed by atoms with Crippen LogP contribution in [0.15, 0.2) is 177 Å². The van der Waals surface area contributed by atoms with Crippen molar-refractivity contribution in [2.24, 2.45) is 0 Å². The molecule has 1 aliphatic rings. The molecule has 6 aromatic carbocycles. The summed E-state index contributed by atoms with van der Waals surface area (Å²) in [6.07, 6.45) is 9.11. The van der Waals surface area contributed by atoms with E-state index in [2.05, 4.69) is 92.0 Å². The van der Waals surface area contributed by atoms with Crippen LogP contribution in [-0.4, -0.2) is 29.9 Å². The van der Waals surface area contributed by atoms with Crippen LogP contribution in [0.2, 0.25) is 0 Å². The Morgan fingerprint density at radius 1 is 0.483 bits per heavy atom. The fourth-order valence-corrected chi connectivity index (χ4v) is 7.25. The smallest absolute Gasteiger partial charge is 0.164 e. The predicted molar refractivity (Wildman–Crippen MR) is 236 cm³/mol. The Morgan fingerprint density at radius 2 is 0.914 bits per heavy atom. The van der Waals surface area contributed by atoms with Gasteiger partial charge in [-0.25, -0.2) is 29.9 Å². The van der Waals surface area contributed by atoms with Crippen LogP contribution in [0.3, 0.4) is 0 Å². The summed E-state index contributed by atoms with van der Waals surface area (Å²) in [6.45, 7) is 8.13. The van der Waals surface area contributed by atoms with Crippen LogP contribution in [0.25, 0.3) is 85.8 Å². The predicted octanol–water partition coefficient (Wildman–Crippen LogP) is 10.8. The average molecular weight is 749 g/mol. The van der Waals surface area contributed by atoms with E-state index in [1.165, 1.54) is 16.0 Å². The van der Waals surface area contributed by atoms with Crippen molar-refractivity contribution in [2.75, 3.05) is 0 Å². The van der Waals surface area contributed by atoms with Crippen LogP contribution in [0.4, 0.5) is 0 Å². The first kappa shape index (κ1) is 36.2. The van der Waals surface area contributed by atoms with Crippen molar-refractivity contribution in [1.82, 2.24) is 29.9 Å². The molecule has 58 heavy (non-hydrogen) atoms. The molecule has 278 valence electrons. The van der Waals surface area contributed by atoms with Gasteiger partial charge in [0.2, 0.25) is 0 Å². The van der Waals surface area contributed by atoms with Crippen molar-refractivity contribution in [3.05, 3.63) is 199 Å². The van der Waals surface area contributed by atoms with Crippen LogP contribution in [0.5, 0.6) is 0 Å². The first-order chi connectivity index (χ1) is 28.6. The quantitative estimate of drug-likeness (QED) is 0.123. The molecule has 1 atom stereocenters. The molecule has 0 saturated carbocycles. The molecular formula is C52H40N6. The van der Waals surface area contributed by atoms with Gasteiger partial charge in [0.25, 0.3) is 0 Å². The molecule has 1 unspecified atom stereocenters. The van der Waals surface area contributed by atoms with Gasteiger partial charge in [-0.15, -0.1) is 6.58 Å². The van der Waals surface area contributed by atoms with Crippen LogP contribution < -0.4 is 10.4 Å². The number of aromatic nitrogens is 6.